The van der Waals surface area contributed by atoms with Gasteiger partial charge in [-0.25, -0.2) is 0 Å². The maximum Gasteiger partial charge on any atom is 0.118 e. The van der Waals surface area contributed by atoms with E-state index in [1.165, 1.54) is 5.56 Å². The average Bonchev–Trinajstić information content (AvgIpc) is 2.21. The van der Waals surface area contributed by atoms with Crippen LogP contribution in [0.25, 0.3) is 0 Å². The summed E-state index contributed by atoms with van der Waals surface area (Å²) in [6, 6.07) is 4.19. The summed E-state index contributed by atoms with van der Waals surface area (Å²) < 4.78 is 0. The number of rotatable bonds is 4. The second-order valence-electron chi connectivity index (χ2n) is 4.27. The SMILES string of the molecule is CCC(N)CCc1cc(C)c(O)cc1C. The van der Waals surface area contributed by atoms with Gasteiger partial charge in [0.25, 0.3) is 0 Å². The Bertz CT molecular complexity index is 334. The number of aromatic hydroxyl groups is 1. The first-order chi connectivity index (χ1) is 7.04. The summed E-state index contributed by atoms with van der Waals surface area (Å²) in [6.07, 6.45) is 3.04. The lowest BCUT2D eigenvalue weighted by atomic mass is 9.98. The molecule has 84 valence electrons. The highest BCUT2D eigenvalue weighted by Gasteiger charge is 2.05. The Kier molecular flexibility index (Phi) is 4.15. The first-order valence-corrected chi connectivity index (χ1v) is 5.59. The van der Waals surface area contributed by atoms with Crippen molar-refractivity contribution >= 4 is 0 Å². The second-order valence-corrected chi connectivity index (χ2v) is 4.27. The number of phenolic OH excluding ortho intramolecular Hbond substituents is 1. The van der Waals surface area contributed by atoms with E-state index < -0.39 is 0 Å². The van der Waals surface area contributed by atoms with Crippen LogP contribution < -0.4 is 5.73 Å². The second kappa shape index (κ2) is 5.17. The lowest BCUT2D eigenvalue weighted by Crippen LogP contribution is -2.19. The molecule has 0 fully saturated rings. The Labute approximate surface area is 92.1 Å². The molecule has 0 saturated heterocycles. The molecule has 1 rings (SSSR count). The van der Waals surface area contributed by atoms with Crippen LogP contribution >= 0.6 is 0 Å². The summed E-state index contributed by atoms with van der Waals surface area (Å²) in [5.41, 5.74) is 9.29. The summed E-state index contributed by atoms with van der Waals surface area (Å²) >= 11 is 0. The lowest BCUT2D eigenvalue weighted by Gasteiger charge is -2.11. The van der Waals surface area contributed by atoms with Gasteiger partial charge in [-0.2, -0.15) is 0 Å². The molecule has 3 N–H and O–H groups in total. The zero-order valence-corrected chi connectivity index (χ0v) is 9.88. The summed E-state index contributed by atoms with van der Waals surface area (Å²) in [7, 11) is 0. The van der Waals surface area contributed by atoms with Crippen LogP contribution in [0.2, 0.25) is 0 Å². The zero-order valence-electron chi connectivity index (χ0n) is 9.88. The molecule has 0 aliphatic carbocycles. The van der Waals surface area contributed by atoms with Gasteiger partial charge >= 0.3 is 0 Å². The molecule has 15 heavy (non-hydrogen) atoms. The molecule has 0 bridgehead atoms. The molecular weight excluding hydrogens is 186 g/mol. The van der Waals surface area contributed by atoms with E-state index in [-0.39, 0.29) is 0 Å². The summed E-state index contributed by atoms with van der Waals surface area (Å²) in [5.74, 6) is 0.385. The van der Waals surface area contributed by atoms with E-state index in [4.69, 9.17) is 5.73 Å². The molecule has 0 saturated carbocycles. The molecule has 0 aromatic heterocycles. The molecule has 2 heteroatoms. The molecule has 0 aliphatic heterocycles. The third kappa shape index (κ3) is 3.24. The fourth-order valence-electron chi connectivity index (χ4n) is 1.68. The number of aryl methyl sites for hydroxylation is 3. The first-order valence-electron chi connectivity index (χ1n) is 5.59. The highest BCUT2D eigenvalue weighted by molar-refractivity contribution is 5.40. The van der Waals surface area contributed by atoms with Crippen molar-refractivity contribution in [3.63, 3.8) is 0 Å². The molecule has 0 amide bonds. The molecule has 0 radical (unpaired) electrons. The highest BCUT2D eigenvalue weighted by atomic mass is 16.3. The van der Waals surface area contributed by atoms with Gasteiger partial charge < -0.3 is 10.8 Å². The lowest BCUT2D eigenvalue weighted by molar-refractivity contribution is 0.470. The van der Waals surface area contributed by atoms with Crippen LogP contribution in [0.5, 0.6) is 5.75 Å². The van der Waals surface area contributed by atoms with Crippen LogP contribution in [0.15, 0.2) is 12.1 Å². The minimum atomic E-state index is 0.290. The van der Waals surface area contributed by atoms with Crippen molar-refractivity contribution in [2.75, 3.05) is 0 Å². The van der Waals surface area contributed by atoms with E-state index in [0.717, 1.165) is 30.4 Å². The molecule has 1 aromatic carbocycles. The largest absolute Gasteiger partial charge is 0.508 e. The van der Waals surface area contributed by atoms with Crippen molar-refractivity contribution in [3.8, 4) is 5.75 Å². The molecular formula is C13H21NO. The van der Waals surface area contributed by atoms with Gasteiger partial charge in [0.1, 0.15) is 5.75 Å². The fraction of sp³-hybridized carbons (Fsp3) is 0.538. The van der Waals surface area contributed by atoms with Crippen LogP contribution in [0, 0.1) is 13.8 Å². The third-order valence-electron chi connectivity index (χ3n) is 2.96. The van der Waals surface area contributed by atoms with E-state index in [0.29, 0.717) is 11.8 Å². The Morgan fingerprint density at radius 2 is 1.93 bits per heavy atom. The molecule has 1 atom stereocenters. The summed E-state index contributed by atoms with van der Waals surface area (Å²) in [5, 5.41) is 9.52. The predicted molar refractivity (Wildman–Crippen MR) is 64.2 cm³/mol. The summed E-state index contributed by atoms with van der Waals surface area (Å²) in [4.78, 5) is 0. The average molecular weight is 207 g/mol. The molecule has 0 spiro atoms. The summed E-state index contributed by atoms with van der Waals surface area (Å²) in [6.45, 7) is 6.07. The number of benzene rings is 1. The van der Waals surface area contributed by atoms with Crippen LogP contribution in [0.1, 0.15) is 36.5 Å². The first kappa shape index (κ1) is 12.1. The highest BCUT2D eigenvalue weighted by Crippen LogP contribution is 2.22. The monoisotopic (exact) mass is 207 g/mol. The molecule has 1 unspecified atom stereocenters. The number of phenols is 1. The maximum atomic E-state index is 9.52. The third-order valence-corrected chi connectivity index (χ3v) is 2.96. The zero-order chi connectivity index (χ0) is 11.4. The topological polar surface area (TPSA) is 46.2 Å². The van der Waals surface area contributed by atoms with E-state index >= 15 is 0 Å². The minimum absolute atomic E-state index is 0.290. The van der Waals surface area contributed by atoms with E-state index in [2.05, 4.69) is 13.0 Å². The normalized spacial score (nSPS) is 12.8. The molecule has 0 heterocycles. The smallest absolute Gasteiger partial charge is 0.118 e. The maximum absolute atomic E-state index is 9.52. The van der Waals surface area contributed by atoms with Crippen LogP contribution in [-0.2, 0) is 6.42 Å². The van der Waals surface area contributed by atoms with Crippen molar-refractivity contribution < 1.29 is 5.11 Å². The van der Waals surface area contributed by atoms with Crippen molar-refractivity contribution in [2.24, 2.45) is 5.73 Å². The Morgan fingerprint density at radius 3 is 2.53 bits per heavy atom. The molecule has 0 aliphatic rings. The Balaban J connectivity index is 2.73. The van der Waals surface area contributed by atoms with E-state index in [1.807, 2.05) is 19.9 Å². The van der Waals surface area contributed by atoms with Gasteiger partial charge in [-0.1, -0.05) is 13.0 Å². The molecule has 2 nitrogen and oxygen atoms in total. The van der Waals surface area contributed by atoms with E-state index in [1.54, 1.807) is 0 Å². The quantitative estimate of drug-likeness (QED) is 0.797. The van der Waals surface area contributed by atoms with Gasteiger partial charge in [-0.15, -0.1) is 0 Å². The number of hydrogen-bond donors (Lipinski definition) is 2. The number of hydrogen-bond acceptors (Lipinski definition) is 2. The van der Waals surface area contributed by atoms with Crippen molar-refractivity contribution in [3.05, 3.63) is 28.8 Å². The molecule has 1 aromatic rings. The van der Waals surface area contributed by atoms with Gasteiger partial charge in [-0.3, -0.25) is 0 Å². The van der Waals surface area contributed by atoms with Crippen LogP contribution in [-0.4, -0.2) is 11.1 Å². The van der Waals surface area contributed by atoms with E-state index in [9.17, 15) is 5.11 Å². The van der Waals surface area contributed by atoms with Crippen LogP contribution in [0.3, 0.4) is 0 Å². The predicted octanol–water partition coefficient (Wildman–Crippen LogP) is 2.68. The Hall–Kier alpha value is -1.02. The Morgan fingerprint density at radius 1 is 1.27 bits per heavy atom. The minimum Gasteiger partial charge on any atom is -0.508 e. The van der Waals surface area contributed by atoms with Crippen molar-refractivity contribution in [1.82, 2.24) is 0 Å². The van der Waals surface area contributed by atoms with Crippen molar-refractivity contribution in [2.45, 2.75) is 46.1 Å². The van der Waals surface area contributed by atoms with Gasteiger partial charge in [-0.05, 0) is 55.9 Å². The fourth-order valence-corrected chi connectivity index (χ4v) is 1.68. The number of nitrogens with two attached hydrogens (primary N) is 1. The van der Waals surface area contributed by atoms with Gasteiger partial charge in [0.05, 0.1) is 0 Å². The van der Waals surface area contributed by atoms with Gasteiger partial charge in [0.15, 0.2) is 0 Å². The van der Waals surface area contributed by atoms with Crippen molar-refractivity contribution in [1.29, 1.82) is 0 Å². The van der Waals surface area contributed by atoms with Gasteiger partial charge in [0, 0.05) is 6.04 Å². The standard InChI is InChI=1S/C13H21NO/c1-4-12(14)6-5-11-7-10(3)13(15)8-9(11)2/h7-8,12,15H,4-6,14H2,1-3H3. The van der Waals surface area contributed by atoms with Crippen LogP contribution in [0.4, 0.5) is 0 Å². The van der Waals surface area contributed by atoms with Gasteiger partial charge in [0.2, 0.25) is 0 Å².